The van der Waals surface area contributed by atoms with Crippen LogP contribution in [0.3, 0.4) is 0 Å². The minimum atomic E-state index is -1.08. The maximum absolute atomic E-state index is 13.2. The van der Waals surface area contributed by atoms with E-state index in [1.807, 2.05) is 30.3 Å². The lowest BCUT2D eigenvalue weighted by Gasteiger charge is -2.26. The number of likely N-dealkylation sites (tertiary alicyclic amines) is 1. The van der Waals surface area contributed by atoms with Crippen molar-refractivity contribution in [3.8, 4) is 11.1 Å². The molecular weight excluding hydrogens is 358 g/mol. The van der Waals surface area contributed by atoms with Crippen molar-refractivity contribution < 1.29 is 19.5 Å². The third kappa shape index (κ3) is 2.98. The summed E-state index contributed by atoms with van der Waals surface area (Å²) in [7, 11) is 0. The highest BCUT2D eigenvalue weighted by molar-refractivity contribution is 6.04. The van der Waals surface area contributed by atoms with E-state index in [2.05, 4.69) is 0 Å². The lowest BCUT2D eigenvalue weighted by Crippen LogP contribution is -2.47. The first kappa shape index (κ1) is 18.0. The molecule has 2 aromatic carbocycles. The first-order valence-corrected chi connectivity index (χ1v) is 9.30. The van der Waals surface area contributed by atoms with E-state index in [4.69, 9.17) is 5.73 Å². The molecule has 0 aliphatic carbocycles. The van der Waals surface area contributed by atoms with Crippen LogP contribution < -0.4 is 10.6 Å². The summed E-state index contributed by atoms with van der Waals surface area (Å²) >= 11 is 0. The fourth-order valence-corrected chi connectivity index (χ4v) is 4.18. The van der Waals surface area contributed by atoms with Gasteiger partial charge in [-0.2, -0.15) is 0 Å². The zero-order valence-corrected chi connectivity index (χ0v) is 15.3. The normalized spacial score (nSPS) is 18.2. The molecule has 2 aromatic rings. The average Bonchev–Trinajstić information content (AvgIpc) is 3.34. The van der Waals surface area contributed by atoms with Crippen LogP contribution in [0, 0.1) is 0 Å². The first-order chi connectivity index (χ1) is 13.5. The zero-order chi connectivity index (χ0) is 19.8. The summed E-state index contributed by atoms with van der Waals surface area (Å²) in [5.74, 6) is -0.799. The molecule has 0 radical (unpaired) electrons. The fourth-order valence-electron chi connectivity index (χ4n) is 4.18. The van der Waals surface area contributed by atoms with Crippen molar-refractivity contribution >= 4 is 23.6 Å². The lowest BCUT2D eigenvalue weighted by molar-refractivity contribution is -0.122. The van der Waals surface area contributed by atoms with Crippen molar-refractivity contribution in [3.05, 3.63) is 53.6 Å². The second-order valence-corrected chi connectivity index (χ2v) is 7.13. The van der Waals surface area contributed by atoms with E-state index in [0.717, 1.165) is 16.7 Å². The molecule has 3 amide bonds. The van der Waals surface area contributed by atoms with Crippen LogP contribution in [0.2, 0.25) is 0 Å². The van der Waals surface area contributed by atoms with Crippen molar-refractivity contribution in [3.63, 3.8) is 0 Å². The van der Waals surface area contributed by atoms with Crippen LogP contribution in [0.5, 0.6) is 0 Å². The quantitative estimate of drug-likeness (QED) is 0.855. The molecule has 0 spiro atoms. The van der Waals surface area contributed by atoms with Gasteiger partial charge in [-0.15, -0.1) is 0 Å². The summed E-state index contributed by atoms with van der Waals surface area (Å²) in [4.78, 5) is 39.3. The van der Waals surface area contributed by atoms with Gasteiger partial charge in [0.2, 0.25) is 11.8 Å². The van der Waals surface area contributed by atoms with Gasteiger partial charge in [0.05, 0.1) is 0 Å². The number of carbonyl (C=O) groups is 3. The highest BCUT2D eigenvalue weighted by Crippen LogP contribution is 2.38. The molecule has 1 fully saturated rings. The molecular formula is C21H21N3O4. The Hall–Kier alpha value is -3.35. The summed E-state index contributed by atoms with van der Waals surface area (Å²) < 4.78 is 0. The molecule has 1 saturated heterocycles. The van der Waals surface area contributed by atoms with E-state index >= 15 is 0 Å². The number of primary amides is 1. The number of benzene rings is 2. The molecule has 3 N–H and O–H groups in total. The zero-order valence-electron chi connectivity index (χ0n) is 15.3. The van der Waals surface area contributed by atoms with Crippen molar-refractivity contribution in [2.45, 2.75) is 25.3 Å². The molecule has 28 heavy (non-hydrogen) atoms. The van der Waals surface area contributed by atoms with Gasteiger partial charge in [-0.25, -0.2) is 4.79 Å². The summed E-state index contributed by atoms with van der Waals surface area (Å²) in [6.45, 7) is 0.823. The predicted molar refractivity (Wildman–Crippen MR) is 104 cm³/mol. The van der Waals surface area contributed by atoms with Crippen molar-refractivity contribution in [1.29, 1.82) is 0 Å². The Kier molecular flexibility index (Phi) is 4.50. The number of nitrogens with zero attached hydrogens (tertiary/aromatic N) is 2. The molecule has 7 heteroatoms. The molecule has 2 heterocycles. The van der Waals surface area contributed by atoms with Crippen LogP contribution in [0.25, 0.3) is 11.1 Å². The monoisotopic (exact) mass is 379 g/mol. The van der Waals surface area contributed by atoms with E-state index in [1.54, 1.807) is 17.0 Å². The minimum absolute atomic E-state index is 0.237. The topological polar surface area (TPSA) is 104 Å². The van der Waals surface area contributed by atoms with Crippen molar-refractivity contribution in [1.82, 2.24) is 4.90 Å². The molecule has 2 aliphatic rings. The molecule has 0 saturated carbocycles. The van der Waals surface area contributed by atoms with Crippen LogP contribution in [0.1, 0.15) is 28.8 Å². The summed E-state index contributed by atoms with van der Waals surface area (Å²) in [5.41, 5.74) is 9.32. The molecule has 2 aliphatic heterocycles. The van der Waals surface area contributed by atoms with Crippen molar-refractivity contribution in [2.24, 2.45) is 5.73 Å². The number of carboxylic acid groups (broad SMARTS) is 1. The van der Waals surface area contributed by atoms with Gasteiger partial charge in [-0.05, 0) is 48.1 Å². The third-order valence-corrected chi connectivity index (χ3v) is 5.52. The molecule has 1 atom stereocenters. The second-order valence-electron chi connectivity index (χ2n) is 7.13. The number of hydrogen-bond donors (Lipinski definition) is 2. The van der Waals surface area contributed by atoms with Crippen LogP contribution >= 0.6 is 0 Å². The molecule has 0 unspecified atom stereocenters. The number of rotatable bonds is 3. The maximum Gasteiger partial charge on any atom is 0.407 e. The van der Waals surface area contributed by atoms with Gasteiger partial charge in [0.15, 0.2) is 0 Å². The Labute approximate surface area is 162 Å². The second kappa shape index (κ2) is 6.99. The van der Waals surface area contributed by atoms with Crippen LogP contribution in [0.4, 0.5) is 10.5 Å². The molecule has 0 aromatic heterocycles. The molecule has 4 rings (SSSR count). The number of hydrogen-bond acceptors (Lipinski definition) is 3. The largest absolute Gasteiger partial charge is 0.465 e. The molecule has 0 bridgehead atoms. The summed E-state index contributed by atoms with van der Waals surface area (Å²) in [5, 5.41) is 9.37. The Bertz CT molecular complexity index is 958. The van der Waals surface area contributed by atoms with Crippen LogP contribution in [-0.2, 0) is 11.2 Å². The number of nitrogens with two attached hydrogens (primary N) is 1. The van der Waals surface area contributed by atoms with Gasteiger partial charge >= 0.3 is 6.09 Å². The lowest BCUT2D eigenvalue weighted by atomic mass is 9.95. The highest BCUT2D eigenvalue weighted by Gasteiger charge is 2.39. The number of fused-ring (bicyclic) bond motifs is 1. The Morgan fingerprint density at radius 2 is 1.82 bits per heavy atom. The van der Waals surface area contributed by atoms with E-state index in [9.17, 15) is 19.5 Å². The van der Waals surface area contributed by atoms with Crippen molar-refractivity contribution in [2.75, 3.05) is 18.0 Å². The van der Waals surface area contributed by atoms with Crippen LogP contribution in [0.15, 0.2) is 42.5 Å². The minimum Gasteiger partial charge on any atom is -0.465 e. The third-order valence-electron chi connectivity index (χ3n) is 5.52. The van der Waals surface area contributed by atoms with E-state index in [-0.39, 0.29) is 5.91 Å². The van der Waals surface area contributed by atoms with Gasteiger partial charge in [0.1, 0.15) is 6.04 Å². The SMILES string of the molecule is NC(=O)c1cc(-c2ccccc2)c2c(c1)N(C(=O)[C@@H]1CCCN1C(=O)O)CC2. The van der Waals surface area contributed by atoms with Crippen LogP contribution in [-0.4, -0.2) is 47.0 Å². The van der Waals surface area contributed by atoms with E-state index < -0.39 is 18.0 Å². The fraction of sp³-hybridized carbons (Fsp3) is 0.286. The Balaban J connectivity index is 1.77. The Morgan fingerprint density at radius 3 is 2.50 bits per heavy atom. The summed E-state index contributed by atoms with van der Waals surface area (Å²) in [6, 6.07) is 12.4. The highest BCUT2D eigenvalue weighted by atomic mass is 16.4. The van der Waals surface area contributed by atoms with Gasteiger partial charge in [0, 0.05) is 24.3 Å². The number of amides is 3. The molecule has 7 nitrogen and oxygen atoms in total. The average molecular weight is 379 g/mol. The number of carbonyl (C=O) groups excluding carboxylic acids is 2. The number of anilines is 1. The maximum atomic E-state index is 13.2. The van der Waals surface area contributed by atoms with E-state index in [0.29, 0.717) is 43.6 Å². The van der Waals surface area contributed by atoms with E-state index in [1.165, 1.54) is 4.90 Å². The van der Waals surface area contributed by atoms with Gasteiger partial charge in [-0.1, -0.05) is 30.3 Å². The summed E-state index contributed by atoms with van der Waals surface area (Å²) in [6.07, 6.45) is 0.744. The standard InChI is InChI=1S/C21H21N3O4/c22-19(25)14-11-16(13-5-2-1-3-6-13)15-8-10-23(18(15)12-14)20(26)17-7-4-9-24(17)21(27)28/h1-3,5-6,11-12,17H,4,7-10H2,(H2,22,25)(H,27,28)/t17-/m0/s1. The predicted octanol–water partition coefficient (Wildman–Crippen LogP) is 2.48. The Morgan fingerprint density at radius 1 is 1.07 bits per heavy atom. The van der Waals surface area contributed by atoms with Gasteiger partial charge < -0.3 is 15.7 Å². The van der Waals surface area contributed by atoms with Gasteiger partial charge in [0.25, 0.3) is 0 Å². The van der Waals surface area contributed by atoms with Gasteiger partial charge in [-0.3, -0.25) is 14.5 Å². The molecule has 144 valence electrons. The first-order valence-electron chi connectivity index (χ1n) is 9.30. The smallest absolute Gasteiger partial charge is 0.407 e.